The number of nitrogens with one attached hydrogen (secondary N) is 1. The maximum Gasteiger partial charge on any atom is 0.0449 e. The summed E-state index contributed by atoms with van der Waals surface area (Å²) in [6.45, 7) is 5.21. The normalized spacial score (nSPS) is 12.5. The summed E-state index contributed by atoms with van der Waals surface area (Å²) in [5, 5.41) is 3.58. The van der Waals surface area contributed by atoms with Gasteiger partial charge in [0.25, 0.3) is 0 Å². The SMILES string of the molecule is CCNC(CN(C)CCc1ccncc1)c1ccccc1. The van der Waals surface area contributed by atoms with Crippen LogP contribution in [0.1, 0.15) is 24.1 Å². The summed E-state index contributed by atoms with van der Waals surface area (Å²) in [7, 11) is 2.19. The van der Waals surface area contributed by atoms with Crippen molar-refractivity contribution in [2.24, 2.45) is 0 Å². The third-order valence-corrected chi connectivity index (χ3v) is 3.68. The van der Waals surface area contributed by atoms with E-state index in [2.05, 4.69) is 71.6 Å². The lowest BCUT2D eigenvalue weighted by Gasteiger charge is -2.25. The van der Waals surface area contributed by atoms with Gasteiger partial charge in [0.15, 0.2) is 0 Å². The van der Waals surface area contributed by atoms with E-state index in [0.29, 0.717) is 6.04 Å². The molecule has 0 bridgehead atoms. The Balaban J connectivity index is 1.88. The van der Waals surface area contributed by atoms with Crippen LogP contribution in [-0.2, 0) is 6.42 Å². The van der Waals surface area contributed by atoms with Crippen LogP contribution in [0.2, 0.25) is 0 Å². The van der Waals surface area contributed by atoms with Crippen molar-refractivity contribution in [3.63, 3.8) is 0 Å². The zero-order chi connectivity index (χ0) is 14.9. The molecule has 0 aliphatic rings. The maximum atomic E-state index is 4.06. The molecule has 0 radical (unpaired) electrons. The van der Waals surface area contributed by atoms with Gasteiger partial charge in [0.05, 0.1) is 0 Å². The van der Waals surface area contributed by atoms with Gasteiger partial charge in [0, 0.05) is 31.5 Å². The standard InChI is InChI=1S/C18H25N3/c1-3-20-18(17-7-5-4-6-8-17)15-21(2)14-11-16-9-12-19-13-10-16/h4-10,12-13,18,20H,3,11,14-15H2,1-2H3. The minimum Gasteiger partial charge on any atom is -0.309 e. The van der Waals surface area contributed by atoms with Crippen molar-refractivity contribution < 1.29 is 0 Å². The third kappa shape index (κ3) is 5.29. The van der Waals surface area contributed by atoms with E-state index in [1.807, 2.05) is 12.4 Å². The molecule has 1 aromatic carbocycles. The molecule has 0 fully saturated rings. The van der Waals surface area contributed by atoms with E-state index in [0.717, 1.165) is 26.1 Å². The highest BCUT2D eigenvalue weighted by Crippen LogP contribution is 2.13. The van der Waals surface area contributed by atoms with Crippen molar-refractivity contribution in [3.05, 3.63) is 66.0 Å². The molecule has 2 aromatic rings. The molecule has 0 amide bonds. The minimum absolute atomic E-state index is 0.388. The van der Waals surface area contributed by atoms with E-state index in [4.69, 9.17) is 0 Å². The molecule has 1 aromatic heterocycles. The highest BCUT2D eigenvalue weighted by atomic mass is 15.1. The Morgan fingerprint density at radius 1 is 1.10 bits per heavy atom. The molecule has 0 aliphatic carbocycles. The van der Waals surface area contributed by atoms with Crippen molar-refractivity contribution >= 4 is 0 Å². The molecule has 1 atom stereocenters. The van der Waals surface area contributed by atoms with Crippen LogP contribution in [0.3, 0.4) is 0 Å². The molecule has 2 rings (SSSR count). The van der Waals surface area contributed by atoms with E-state index in [1.165, 1.54) is 11.1 Å². The van der Waals surface area contributed by atoms with Gasteiger partial charge in [-0.05, 0) is 43.3 Å². The summed E-state index contributed by atoms with van der Waals surface area (Å²) in [5.74, 6) is 0. The summed E-state index contributed by atoms with van der Waals surface area (Å²) in [6, 6.07) is 15.2. The second kappa shape index (κ2) is 8.55. The van der Waals surface area contributed by atoms with Gasteiger partial charge in [-0.25, -0.2) is 0 Å². The maximum absolute atomic E-state index is 4.06. The Bertz CT molecular complexity index is 498. The van der Waals surface area contributed by atoms with Gasteiger partial charge in [-0.1, -0.05) is 37.3 Å². The molecular weight excluding hydrogens is 258 g/mol. The van der Waals surface area contributed by atoms with Gasteiger partial charge in [-0.15, -0.1) is 0 Å². The first-order valence-corrected chi connectivity index (χ1v) is 7.65. The predicted molar refractivity (Wildman–Crippen MR) is 88.3 cm³/mol. The smallest absolute Gasteiger partial charge is 0.0449 e. The van der Waals surface area contributed by atoms with Crippen LogP contribution in [0, 0.1) is 0 Å². The van der Waals surface area contributed by atoms with E-state index in [-0.39, 0.29) is 0 Å². The minimum atomic E-state index is 0.388. The Morgan fingerprint density at radius 3 is 2.48 bits per heavy atom. The Kier molecular flexibility index (Phi) is 6.38. The number of hydrogen-bond donors (Lipinski definition) is 1. The number of rotatable bonds is 8. The average Bonchev–Trinajstić information content (AvgIpc) is 2.54. The van der Waals surface area contributed by atoms with Crippen molar-refractivity contribution in [1.29, 1.82) is 0 Å². The summed E-state index contributed by atoms with van der Waals surface area (Å²) in [4.78, 5) is 6.45. The molecule has 1 unspecified atom stereocenters. The molecular formula is C18H25N3. The van der Waals surface area contributed by atoms with Gasteiger partial charge >= 0.3 is 0 Å². The fourth-order valence-electron chi connectivity index (χ4n) is 2.49. The van der Waals surface area contributed by atoms with Crippen molar-refractivity contribution in [2.45, 2.75) is 19.4 Å². The number of aromatic nitrogens is 1. The number of likely N-dealkylation sites (N-methyl/N-ethyl adjacent to an activating group) is 2. The lowest BCUT2D eigenvalue weighted by Crippen LogP contribution is -2.34. The number of nitrogens with zero attached hydrogens (tertiary/aromatic N) is 2. The van der Waals surface area contributed by atoms with Crippen LogP contribution in [0.25, 0.3) is 0 Å². The van der Waals surface area contributed by atoms with Crippen LogP contribution >= 0.6 is 0 Å². The predicted octanol–water partition coefficient (Wildman–Crippen LogP) is 2.91. The highest BCUT2D eigenvalue weighted by Gasteiger charge is 2.12. The largest absolute Gasteiger partial charge is 0.309 e. The molecule has 112 valence electrons. The monoisotopic (exact) mass is 283 g/mol. The summed E-state index contributed by atoms with van der Waals surface area (Å²) < 4.78 is 0. The van der Waals surface area contributed by atoms with Crippen LogP contribution in [-0.4, -0.2) is 36.6 Å². The molecule has 1 N–H and O–H groups in total. The number of pyridine rings is 1. The van der Waals surface area contributed by atoms with E-state index >= 15 is 0 Å². The molecule has 3 heteroatoms. The first-order chi connectivity index (χ1) is 10.3. The van der Waals surface area contributed by atoms with Crippen LogP contribution in [0.15, 0.2) is 54.9 Å². The first-order valence-electron chi connectivity index (χ1n) is 7.65. The van der Waals surface area contributed by atoms with Gasteiger partial charge in [0.2, 0.25) is 0 Å². The van der Waals surface area contributed by atoms with Crippen molar-refractivity contribution in [1.82, 2.24) is 15.2 Å². The van der Waals surface area contributed by atoms with Crippen molar-refractivity contribution in [3.8, 4) is 0 Å². The van der Waals surface area contributed by atoms with Crippen molar-refractivity contribution in [2.75, 3.05) is 26.7 Å². The molecule has 0 spiro atoms. The lowest BCUT2D eigenvalue weighted by molar-refractivity contribution is 0.295. The van der Waals surface area contributed by atoms with E-state index in [9.17, 15) is 0 Å². The van der Waals surface area contributed by atoms with Crippen LogP contribution in [0.4, 0.5) is 0 Å². The average molecular weight is 283 g/mol. The third-order valence-electron chi connectivity index (χ3n) is 3.68. The van der Waals surface area contributed by atoms with Gasteiger partial charge in [-0.2, -0.15) is 0 Å². The molecule has 0 aliphatic heterocycles. The number of benzene rings is 1. The zero-order valence-corrected chi connectivity index (χ0v) is 13.0. The van der Waals surface area contributed by atoms with Crippen LogP contribution in [0.5, 0.6) is 0 Å². The summed E-state index contributed by atoms with van der Waals surface area (Å²) in [5.41, 5.74) is 2.70. The summed E-state index contributed by atoms with van der Waals surface area (Å²) in [6.07, 6.45) is 4.79. The topological polar surface area (TPSA) is 28.2 Å². The molecule has 21 heavy (non-hydrogen) atoms. The molecule has 0 saturated carbocycles. The second-order valence-corrected chi connectivity index (χ2v) is 5.39. The highest BCUT2D eigenvalue weighted by molar-refractivity contribution is 5.19. The van der Waals surface area contributed by atoms with E-state index in [1.54, 1.807) is 0 Å². The zero-order valence-electron chi connectivity index (χ0n) is 13.0. The number of hydrogen-bond acceptors (Lipinski definition) is 3. The van der Waals surface area contributed by atoms with E-state index < -0.39 is 0 Å². The fourth-order valence-corrected chi connectivity index (χ4v) is 2.49. The second-order valence-electron chi connectivity index (χ2n) is 5.39. The molecule has 0 saturated heterocycles. The van der Waals surface area contributed by atoms with Crippen LogP contribution < -0.4 is 5.32 Å². The van der Waals surface area contributed by atoms with Gasteiger partial charge in [-0.3, -0.25) is 4.98 Å². The molecule has 3 nitrogen and oxygen atoms in total. The summed E-state index contributed by atoms with van der Waals surface area (Å²) >= 11 is 0. The fraction of sp³-hybridized carbons (Fsp3) is 0.389. The Labute approximate surface area is 128 Å². The lowest BCUT2D eigenvalue weighted by atomic mass is 10.1. The Hall–Kier alpha value is -1.71. The Morgan fingerprint density at radius 2 is 1.81 bits per heavy atom. The van der Waals surface area contributed by atoms with Gasteiger partial charge in [0.1, 0.15) is 0 Å². The molecule has 1 heterocycles. The first kappa shape index (κ1) is 15.7. The quantitative estimate of drug-likeness (QED) is 0.807. The van der Waals surface area contributed by atoms with Gasteiger partial charge < -0.3 is 10.2 Å².